The monoisotopic (exact) mass is 312 g/mol. The van der Waals surface area contributed by atoms with Crippen LogP contribution < -0.4 is 10.4 Å². The summed E-state index contributed by atoms with van der Waals surface area (Å²) >= 11 is 0. The Labute approximate surface area is 134 Å². The van der Waals surface area contributed by atoms with E-state index in [1.54, 1.807) is 0 Å². The van der Waals surface area contributed by atoms with Gasteiger partial charge in [-0.15, -0.1) is 0 Å². The summed E-state index contributed by atoms with van der Waals surface area (Å²) in [6, 6.07) is 21.4. The molecule has 2 nitrogen and oxygen atoms in total. The van der Waals surface area contributed by atoms with Gasteiger partial charge in [-0.1, -0.05) is 81.4 Å². The summed E-state index contributed by atoms with van der Waals surface area (Å²) in [5, 5.41) is 2.33. The molecule has 2 aromatic rings. The maximum Gasteiger partial charge on any atom is 0.318 e. The van der Waals surface area contributed by atoms with E-state index >= 15 is 0 Å². The zero-order valence-corrected chi connectivity index (χ0v) is 14.6. The van der Waals surface area contributed by atoms with Crippen molar-refractivity contribution in [3.05, 3.63) is 60.7 Å². The molecule has 0 radical (unpaired) electrons. The summed E-state index contributed by atoms with van der Waals surface area (Å²) in [6.45, 7) is 6.23. The summed E-state index contributed by atoms with van der Waals surface area (Å²) in [6.07, 6.45) is 0.409. The molecule has 2 rings (SSSR count). The average Bonchev–Trinajstić information content (AvgIpc) is 2.55. The van der Waals surface area contributed by atoms with E-state index in [0.29, 0.717) is 12.3 Å². The number of carbonyl (C=O) groups is 1. The fraction of sp³-hybridized carbons (Fsp3) is 0.316. The third-order valence-electron chi connectivity index (χ3n) is 3.75. The molecule has 0 heterocycles. The Bertz CT molecular complexity index is 554. The van der Waals surface area contributed by atoms with Crippen molar-refractivity contribution in [2.24, 2.45) is 5.92 Å². The minimum Gasteiger partial charge on any atom is -0.510 e. The second-order valence-electron chi connectivity index (χ2n) is 5.98. The summed E-state index contributed by atoms with van der Waals surface area (Å²) in [5.74, 6) is 0.344. The molecule has 0 saturated carbocycles. The largest absolute Gasteiger partial charge is 0.510 e. The first-order chi connectivity index (χ1) is 10.6. The van der Waals surface area contributed by atoms with Crippen molar-refractivity contribution in [2.75, 3.05) is 0 Å². The lowest BCUT2D eigenvalue weighted by molar-refractivity contribution is -0.134. The number of hydrogen-bond donors (Lipinski definition) is 0. The molecule has 22 heavy (non-hydrogen) atoms. The second kappa shape index (κ2) is 7.41. The summed E-state index contributed by atoms with van der Waals surface area (Å²) < 4.78 is 6.17. The molecule has 0 aromatic heterocycles. The molecule has 0 saturated heterocycles. The molecule has 0 atom stereocenters. The summed E-state index contributed by atoms with van der Waals surface area (Å²) in [4.78, 5) is 12.2. The minimum absolute atomic E-state index is 0.111. The Morgan fingerprint density at radius 1 is 0.955 bits per heavy atom. The molecule has 116 valence electrons. The van der Waals surface area contributed by atoms with Crippen LogP contribution in [0.1, 0.15) is 27.2 Å². The van der Waals surface area contributed by atoms with Crippen molar-refractivity contribution in [2.45, 2.75) is 33.2 Å². The van der Waals surface area contributed by atoms with Crippen LogP contribution in [0, 0.1) is 5.92 Å². The molecule has 0 aliphatic rings. The Hall–Kier alpha value is -1.87. The van der Waals surface area contributed by atoms with Gasteiger partial charge < -0.3 is 4.43 Å². The van der Waals surface area contributed by atoms with Gasteiger partial charge in [0.15, 0.2) is 0 Å². The third kappa shape index (κ3) is 3.66. The fourth-order valence-corrected chi connectivity index (χ4v) is 7.09. The quantitative estimate of drug-likeness (QED) is 0.765. The van der Waals surface area contributed by atoms with Crippen LogP contribution in [-0.4, -0.2) is 14.3 Å². The second-order valence-corrected chi connectivity index (χ2v) is 9.41. The highest BCUT2D eigenvalue weighted by Crippen LogP contribution is 2.20. The maximum absolute atomic E-state index is 12.2. The van der Waals surface area contributed by atoms with Gasteiger partial charge in [-0.25, -0.2) is 0 Å². The molecule has 3 heteroatoms. The van der Waals surface area contributed by atoms with Crippen LogP contribution in [0.5, 0.6) is 0 Å². The van der Waals surface area contributed by atoms with E-state index in [0.717, 1.165) is 16.4 Å². The number of rotatable bonds is 6. The predicted octanol–water partition coefficient (Wildman–Crippen LogP) is 3.36. The van der Waals surface area contributed by atoms with Crippen LogP contribution in [0.25, 0.3) is 0 Å². The van der Waals surface area contributed by atoms with E-state index < -0.39 is 8.32 Å². The first kappa shape index (κ1) is 16.5. The zero-order valence-electron chi connectivity index (χ0n) is 13.6. The molecule has 2 aromatic carbocycles. The Balaban J connectivity index is 2.60. The first-order valence-electron chi connectivity index (χ1n) is 7.91. The molecule has 0 aliphatic heterocycles. The number of benzene rings is 2. The van der Waals surface area contributed by atoms with Crippen LogP contribution in [0.3, 0.4) is 0 Å². The molecular formula is C19H24O2Si. The van der Waals surface area contributed by atoms with E-state index in [1.807, 2.05) is 43.3 Å². The highest BCUT2D eigenvalue weighted by molar-refractivity contribution is 6.98. The molecule has 0 bridgehead atoms. The van der Waals surface area contributed by atoms with Crippen molar-refractivity contribution in [1.29, 1.82) is 0 Å². The van der Waals surface area contributed by atoms with E-state index in [-0.39, 0.29) is 5.97 Å². The van der Waals surface area contributed by atoms with Gasteiger partial charge in [0.1, 0.15) is 0 Å². The Kier molecular flexibility index (Phi) is 5.55. The third-order valence-corrected chi connectivity index (χ3v) is 8.25. The van der Waals surface area contributed by atoms with E-state index in [1.165, 1.54) is 0 Å². The van der Waals surface area contributed by atoms with Gasteiger partial charge in [0.25, 0.3) is 5.97 Å². The molecule has 0 amide bonds. The molecule has 0 spiro atoms. The predicted molar refractivity (Wildman–Crippen MR) is 93.9 cm³/mol. The van der Waals surface area contributed by atoms with Crippen molar-refractivity contribution in [3.8, 4) is 0 Å². The molecule has 0 unspecified atom stereocenters. The fourth-order valence-electron chi connectivity index (χ4n) is 2.82. The standard InChI is InChI=1S/C19H24O2Si/c1-4-19(20)21-22(15-16(2)3,17-11-7-5-8-12-17)18-13-9-6-10-14-18/h5-14,16H,4,15H2,1-3H3. The van der Waals surface area contributed by atoms with Crippen LogP contribution >= 0.6 is 0 Å². The van der Waals surface area contributed by atoms with Gasteiger partial charge >= 0.3 is 8.32 Å². The van der Waals surface area contributed by atoms with Gasteiger partial charge in [-0.2, -0.15) is 0 Å². The normalized spacial score (nSPS) is 11.5. The summed E-state index contributed by atoms with van der Waals surface area (Å²) in [5.41, 5.74) is 0. The average molecular weight is 312 g/mol. The van der Waals surface area contributed by atoms with Gasteiger partial charge in [-0.05, 0) is 22.3 Å². The van der Waals surface area contributed by atoms with Crippen LogP contribution in [-0.2, 0) is 9.22 Å². The highest BCUT2D eigenvalue weighted by Gasteiger charge is 2.43. The van der Waals surface area contributed by atoms with Crippen molar-refractivity contribution in [3.63, 3.8) is 0 Å². The van der Waals surface area contributed by atoms with Crippen LogP contribution in [0.2, 0.25) is 6.04 Å². The Morgan fingerprint density at radius 3 is 1.77 bits per heavy atom. The van der Waals surface area contributed by atoms with Crippen molar-refractivity contribution >= 4 is 24.7 Å². The molecule has 0 aliphatic carbocycles. The maximum atomic E-state index is 12.2. The van der Waals surface area contributed by atoms with Crippen LogP contribution in [0.4, 0.5) is 0 Å². The number of hydrogen-bond acceptors (Lipinski definition) is 2. The smallest absolute Gasteiger partial charge is 0.318 e. The molecule has 0 N–H and O–H groups in total. The molecule has 0 fully saturated rings. The van der Waals surface area contributed by atoms with E-state index in [2.05, 4.69) is 38.1 Å². The minimum atomic E-state index is -2.54. The van der Waals surface area contributed by atoms with Gasteiger partial charge in [0, 0.05) is 6.42 Å². The van der Waals surface area contributed by atoms with Gasteiger partial charge in [0.05, 0.1) is 0 Å². The SMILES string of the molecule is CCC(=O)O[Si](CC(C)C)(c1ccccc1)c1ccccc1. The van der Waals surface area contributed by atoms with Gasteiger partial charge in [-0.3, -0.25) is 4.79 Å². The lowest BCUT2D eigenvalue weighted by atomic mass is 10.3. The van der Waals surface area contributed by atoms with E-state index in [9.17, 15) is 4.79 Å². The number of carbonyl (C=O) groups excluding carboxylic acids is 1. The van der Waals surface area contributed by atoms with Crippen LogP contribution in [0.15, 0.2) is 60.7 Å². The van der Waals surface area contributed by atoms with Crippen molar-refractivity contribution < 1.29 is 9.22 Å². The molecular weight excluding hydrogens is 288 g/mol. The lowest BCUT2D eigenvalue weighted by Gasteiger charge is -2.33. The summed E-state index contributed by atoms with van der Waals surface area (Å²) in [7, 11) is -2.54. The highest BCUT2D eigenvalue weighted by atomic mass is 28.4. The van der Waals surface area contributed by atoms with E-state index in [4.69, 9.17) is 4.43 Å². The lowest BCUT2D eigenvalue weighted by Crippen LogP contribution is -2.62. The van der Waals surface area contributed by atoms with Gasteiger partial charge in [0.2, 0.25) is 0 Å². The van der Waals surface area contributed by atoms with Crippen molar-refractivity contribution in [1.82, 2.24) is 0 Å². The Morgan fingerprint density at radius 2 is 1.41 bits per heavy atom. The topological polar surface area (TPSA) is 26.3 Å². The first-order valence-corrected chi connectivity index (χ1v) is 10.0. The zero-order chi connectivity index (χ0) is 16.0.